The van der Waals surface area contributed by atoms with Gasteiger partial charge in [-0.15, -0.1) is 0 Å². The zero-order valence-electron chi connectivity index (χ0n) is 32.5. The van der Waals surface area contributed by atoms with Crippen LogP contribution in [-0.2, 0) is 0 Å². The van der Waals surface area contributed by atoms with E-state index in [2.05, 4.69) is 194 Å². The molecule has 0 bridgehead atoms. The Morgan fingerprint density at radius 1 is 0.283 bits per heavy atom. The first kappa shape index (κ1) is 33.1. The second-order valence-corrected chi connectivity index (χ2v) is 16.0. The standard InChI is InChI=1S/C58H34N2/c1-3-16-42-40(14-1)41-15-2-4-17-43(41)45-23-10-24-50-51(34-39-12-9-22-44(42)54(39)56(45)50)35-25-27-36(28-26-35)53-46-18-5-7-20-48(46)55(49-21-8-6-19-47(49)53)52-32-31-38-30-29-37-13-11-33-59-57(37)58(38)60-52/h1-34H. The lowest BCUT2D eigenvalue weighted by Crippen LogP contribution is -1.94. The lowest BCUT2D eigenvalue weighted by molar-refractivity contribution is 1.38. The van der Waals surface area contributed by atoms with Gasteiger partial charge in [-0.3, -0.25) is 4.98 Å². The van der Waals surface area contributed by atoms with Gasteiger partial charge >= 0.3 is 0 Å². The lowest BCUT2D eigenvalue weighted by Gasteiger charge is -2.18. The largest absolute Gasteiger partial charge is 0.254 e. The topological polar surface area (TPSA) is 25.8 Å². The quantitative estimate of drug-likeness (QED) is 0.132. The Morgan fingerprint density at radius 2 is 0.750 bits per heavy atom. The van der Waals surface area contributed by atoms with Gasteiger partial charge in [0.15, 0.2) is 0 Å². The van der Waals surface area contributed by atoms with Crippen molar-refractivity contribution >= 4 is 97.2 Å². The van der Waals surface area contributed by atoms with E-state index in [0.717, 1.165) is 33.1 Å². The molecule has 2 heterocycles. The number of hydrogen-bond donors (Lipinski definition) is 0. The van der Waals surface area contributed by atoms with Gasteiger partial charge in [-0.1, -0.05) is 182 Å². The van der Waals surface area contributed by atoms with Crippen molar-refractivity contribution < 1.29 is 0 Å². The SMILES string of the molecule is c1cnc2c(c1)ccc1ccc(-c3c4ccccc4c(-c4ccc(-c5cc6cccc7c8ccccc8c8ccccc8c8cccc5c8c67)cc4)c4ccccc34)nc12. The van der Waals surface area contributed by atoms with Crippen LogP contribution in [0.15, 0.2) is 206 Å². The van der Waals surface area contributed by atoms with Crippen LogP contribution in [0.1, 0.15) is 0 Å². The molecule has 2 heteroatoms. The third-order valence-electron chi connectivity index (χ3n) is 12.8. The smallest absolute Gasteiger partial charge is 0.0972 e. The minimum absolute atomic E-state index is 0.925. The maximum atomic E-state index is 5.36. The molecule has 60 heavy (non-hydrogen) atoms. The Hall–Kier alpha value is -7.94. The summed E-state index contributed by atoms with van der Waals surface area (Å²) in [6, 6.07) is 73.5. The van der Waals surface area contributed by atoms with Crippen LogP contribution in [0.4, 0.5) is 0 Å². The zero-order chi connectivity index (χ0) is 39.3. The highest BCUT2D eigenvalue weighted by molar-refractivity contribution is 6.34. The summed E-state index contributed by atoms with van der Waals surface area (Å²) in [6.45, 7) is 0. The monoisotopic (exact) mass is 758 g/mol. The number of fused-ring (bicyclic) bond motifs is 10. The Kier molecular flexibility index (Phi) is 7.05. The van der Waals surface area contributed by atoms with Gasteiger partial charge in [-0.2, -0.15) is 0 Å². The van der Waals surface area contributed by atoms with E-state index >= 15 is 0 Å². The van der Waals surface area contributed by atoms with Crippen LogP contribution in [0.25, 0.3) is 131 Å². The first-order valence-corrected chi connectivity index (χ1v) is 20.7. The van der Waals surface area contributed by atoms with Gasteiger partial charge in [0.2, 0.25) is 0 Å². The van der Waals surface area contributed by atoms with Crippen molar-refractivity contribution in [1.82, 2.24) is 9.97 Å². The molecule has 11 aromatic carbocycles. The molecular formula is C58H34N2. The van der Waals surface area contributed by atoms with Gasteiger partial charge in [0.25, 0.3) is 0 Å². The minimum atomic E-state index is 0.925. The molecule has 0 fully saturated rings. The Labute approximate surface area is 345 Å². The molecule has 0 atom stereocenters. The van der Waals surface area contributed by atoms with Crippen LogP contribution >= 0.6 is 0 Å². The molecule has 0 radical (unpaired) electrons. The number of aromatic nitrogens is 2. The van der Waals surface area contributed by atoms with E-state index in [1.54, 1.807) is 0 Å². The zero-order valence-corrected chi connectivity index (χ0v) is 32.5. The van der Waals surface area contributed by atoms with Gasteiger partial charge in [0.05, 0.1) is 16.7 Å². The summed E-state index contributed by atoms with van der Waals surface area (Å²) in [6.07, 6.45) is 1.86. The second kappa shape index (κ2) is 12.8. The van der Waals surface area contributed by atoms with E-state index < -0.39 is 0 Å². The molecule has 276 valence electrons. The van der Waals surface area contributed by atoms with E-state index in [0.29, 0.717) is 0 Å². The van der Waals surface area contributed by atoms with E-state index in [9.17, 15) is 0 Å². The van der Waals surface area contributed by atoms with Gasteiger partial charge in [0.1, 0.15) is 0 Å². The molecule has 0 unspecified atom stereocenters. The van der Waals surface area contributed by atoms with Crippen molar-refractivity contribution in [3.8, 4) is 33.5 Å². The maximum absolute atomic E-state index is 5.36. The lowest BCUT2D eigenvalue weighted by atomic mass is 9.85. The van der Waals surface area contributed by atoms with Gasteiger partial charge in [0, 0.05) is 22.5 Å². The highest BCUT2D eigenvalue weighted by Crippen LogP contribution is 2.46. The summed E-state index contributed by atoms with van der Waals surface area (Å²) in [4.78, 5) is 10.1. The third kappa shape index (κ3) is 4.76. The van der Waals surface area contributed by atoms with Gasteiger partial charge in [-0.05, 0) is 116 Å². The van der Waals surface area contributed by atoms with Crippen molar-refractivity contribution in [3.05, 3.63) is 206 Å². The maximum Gasteiger partial charge on any atom is 0.0972 e. The fraction of sp³-hybridized carbons (Fsp3) is 0. The number of rotatable bonds is 3. The van der Waals surface area contributed by atoms with Crippen LogP contribution in [0.3, 0.4) is 0 Å². The summed E-state index contributed by atoms with van der Waals surface area (Å²) in [5, 5.41) is 19.7. The second-order valence-electron chi connectivity index (χ2n) is 16.0. The summed E-state index contributed by atoms with van der Waals surface area (Å²) in [7, 11) is 0. The molecular weight excluding hydrogens is 725 g/mol. The van der Waals surface area contributed by atoms with Crippen LogP contribution in [0, 0.1) is 0 Å². The van der Waals surface area contributed by atoms with Crippen molar-refractivity contribution in [2.45, 2.75) is 0 Å². The highest BCUT2D eigenvalue weighted by atomic mass is 14.8. The average molecular weight is 759 g/mol. The van der Waals surface area contributed by atoms with Crippen LogP contribution in [0.5, 0.6) is 0 Å². The highest BCUT2D eigenvalue weighted by Gasteiger charge is 2.20. The fourth-order valence-corrected chi connectivity index (χ4v) is 10.2. The molecule has 2 nitrogen and oxygen atoms in total. The predicted molar refractivity (Wildman–Crippen MR) is 256 cm³/mol. The molecule has 0 saturated heterocycles. The summed E-state index contributed by atoms with van der Waals surface area (Å²) in [5.41, 5.74) is 8.81. The van der Waals surface area contributed by atoms with E-state index in [-0.39, 0.29) is 0 Å². The van der Waals surface area contributed by atoms with Crippen molar-refractivity contribution in [3.63, 3.8) is 0 Å². The molecule has 0 saturated carbocycles. The van der Waals surface area contributed by atoms with Gasteiger partial charge in [-0.25, -0.2) is 4.98 Å². The minimum Gasteiger partial charge on any atom is -0.254 e. The van der Waals surface area contributed by atoms with E-state index in [1.807, 2.05) is 12.3 Å². The molecule has 0 aliphatic rings. The summed E-state index contributed by atoms with van der Waals surface area (Å²) in [5.74, 6) is 0. The van der Waals surface area contributed by atoms with Gasteiger partial charge < -0.3 is 0 Å². The molecule has 13 aromatic rings. The predicted octanol–water partition coefficient (Wildman–Crippen LogP) is 15.9. The molecule has 13 rings (SSSR count). The normalized spacial score (nSPS) is 12.0. The Morgan fingerprint density at radius 3 is 1.40 bits per heavy atom. The Bertz CT molecular complexity index is 3880. The number of hydrogen-bond acceptors (Lipinski definition) is 2. The number of pyridine rings is 2. The first-order valence-electron chi connectivity index (χ1n) is 20.7. The summed E-state index contributed by atoms with van der Waals surface area (Å²) < 4.78 is 0. The van der Waals surface area contributed by atoms with Crippen molar-refractivity contribution in [2.24, 2.45) is 0 Å². The molecule has 0 aliphatic heterocycles. The number of nitrogens with zero attached hydrogens (tertiary/aromatic N) is 2. The average Bonchev–Trinajstić information content (AvgIpc) is 3.32. The van der Waals surface area contributed by atoms with Crippen LogP contribution in [-0.4, -0.2) is 9.97 Å². The first-order chi connectivity index (χ1) is 29.8. The molecule has 0 spiro atoms. The summed E-state index contributed by atoms with van der Waals surface area (Å²) >= 11 is 0. The van der Waals surface area contributed by atoms with Crippen molar-refractivity contribution in [2.75, 3.05) is 0 Å². The molecule has 0 N–H and O–H groups in total. The molecule has 2 aromatic heterocycles. The van der Waals surface area contributed by atoms with Crippen LogP contribution < -0.4 is 0 Å². The number of benzene rings is 10. The van der Waals surface area contributed by atoms with Crippen LogP contribution in [0.2, 0.25) is 0 Å². The van der Waals surface area contributed by atoms with E-state index in [1.165, 1.54) is 97.7 Å². The van der Waals surface area contributed by atoms with E-state index in [4.69, 9.17) is 9.97 Å². The fourth-order valence-electron chi connectivity index (χ4n) is 10.2. The van der Waals surface area contributed by atoms with Crippen molar-refractivity contribution in [1.29, 1.82) is 0 Å². The molecule has 0 aliphatic carbocycles. The third-order valence-corrected chi connectivity index (χ3v) is 12.8. The Balaban J connectivity index is 1.03. The molecule has 0 amide bonds.